The molecular formula is C21H26N6O4S. The van der Waals surface area contributed by atoms with E-state index in [1.54, 1.807) is 11.4 Å². The summed E-state index contributed by atoms with van der Waals surface area (Å²) in [4.78, 5) is 60.0. The van der Waals surface area contributed by atoms with Gasteiger partial charge in [-0.3, -0.25) is 33.4 Å². The van der Waals surface area contributed by atoms with Crippen molar-refractivity contribution in [2.75, 3.05) is 10.6 Å². The van der Waals surface area contributed by atoms with Crippen molar-refractivity contribution in [2.24, 2.45) is 0 Å². The Morgan fingerprint density at radius 2 is 2.06 bits per heavy atom. The third-order valence-electron chi connectivity index (χ3n) is 5.90. The molecule has 0 unspecified atom stereocenters. The number of nitrogens with zero attached hydrogens (tertiary/aromatic N) is 4. The molecule has 3 aromatic rings. The lowest BCUT2D eigenvalue weighted by atomic mass is 10.2. The molecule has 11 heteroatoms. The third kappa shape index (κ3) is 3.99. The van der Waals surface area contributed by atoms with Crippen molar-refractivity contribution in [2.45, 2.75) is 64.6 Å². The number of amides is 1. The Labute approximate surface area is 187 Å². The Morgan fingerprint density at radius 1 is 1.31 bits per heavy atom. The fourth-order valence-electron chi connectivity index (χ4n) is 4.25. The second-order valence-corrected chi connectivity index (χ2v) is 8.91. The largest absolute Gasteiger partial charge is 0.383 e. The molecule has 170 valence electrons. The molecule has 3 aromatic heterocycles. The number of carbonyl (C=O) groups excluding carboxylic acids is 1. The molecule has 1 saturated carbocycles. The number of rotatable bonds is 7. The van der Waals surface area contributed by atoms with Crippen molar-refractivity contribution < 1.29 is 4.79 Å². The quantitative estimate of drug-likeness (QED) is 0.553. The number of H-pyrrole nitrogens is 1. The number of aromatic amines is 1. The van der Waals surface area contributed by atoms with E-state index in [0.29, 0.717) is 23.2 Å². The lowest BCUT2D eigenvalue weighted by molar-refractivity contribution is -0.119. The molecule has 0 aromatic carbocycles. The van der Waals surface area contributed by atoms with Crippen LogP contribution in [0.5, 0.6) is 0 Å². The SMILES string of the molecule is CCCCn1c(N)c(N(C(=O)Cn2cnc3sccc3c2=O)C2CCCC2)c(=O)[nH]c1=O. The number of nitrogens with one attached hydrogen (secondary N) is 1. The molecule has 1 aliphatic rings. The molecule has 4 rings (SSSR count). The summed E-state index contributed by atoms with van der Waals surface area (Å²) in [6.45, 7) is 2.05. The summed E-state index contributed by atoms with van der Waals surface area (Å²) in [6.07, 6.45) is 6.17. The van der Waals surface area contributed by atoms with Crippen molar-refractivity contribution in [1.29, 1.82) is 0 Å². The van der Waals surface area contributed by atoms with E-state index in [9.17, 15) is 19.2 Å². The zero-order chi connectivity index (χ0) is 22.8. The van der Waals surface area contributed by atoms with Gasteiger partial charge in [-0.2, -0.15) is 0 Å². The summed E-state index contributed by atoms with van der Waals surface area (Å²) in [6, 6.07) is 1.45. The second-order valence-electron chi connectivity index (χ2n) is 8.02. The fourth-order valence-corrected chi connectivity index (χ4v) is 4.97. The van der Waals surface area contributed by atoms with E-state index in [4.69, 9.17) is 5.73 Å². The predicted octanol–water partition coefficient (Wildman–Crippen LogP) is 1.67. The van der Waals surface area contributed by atoms with Gasteiger partial charge in [0.2, 0.25) is 5.91 Å². The Morgan fingerprint density at radius 3 is 2.78 bits per heavy atom. The van der Waals surface area contributed by atoms with Crippen LogP contribution in [0.3, 0.4) is 0 Å². The van der Waals surface area contributed by atoms with Crippen molar-refractivity contribution in [1.82, 2.24) is 19.1 Å². The maximum absolute atomic E-state index is 13.5. The van der Waals surface area contributed by atoms with Crippen LogP contribution in [-0.4, -0.2) is 31.1 Å². The molecule has 3 heterocycles. The number of hydrogen-bond donors (Lipinski definition) is 2. The van der Waals surface area contributed by atoms with E-state index >= 15 is 0 Å². The fraction of sp³-hybridized carbons (Fsp3) is 0.476. The van der Waals surface area contributed by atoms with Crippen molar-refractivity contribution in [3.63, 3.8) is 0 Å². The number of anilines is 2. The topological polar surface area (TPSA) is 136 Å². The molecule has 0 radical (unpaired) electrons. The van der Waals surface area contributed by atoms with E-state index < -0.39 is 17.2 Å². The molecule has 10 nitrogen and oxygen atoms in total. The lowest BCUT2D eigenvalue weighted by Crippen LogP contribution is -2.47. The molecule has 0 saturated heterocycles. The molecule has 0 atom stereocenters. The van der Waals surface area contributed by atoms with Gasteiger partial charge in [-0.15, -0.1) is 11.3 Å². The maximum atomic E-state index is 13.5. The Hall–Kier alpha value is -3.21. The van der Waals surface area contributed by atoms with Crippen LogP contribution in [-0.2, 0) is 17.9 Å². The average molecular weight is 459 g/mol. The van der Waals surface area contributed by atoms with Crippen LogP contribution < -0.4 is 27.4 Å². The Balaban J connectivity index is 1.77. The predicted molar refractivity (Wildman–Crippen MR) is 124 cm³/mol. The minimum Gasteiger partial charge on any atom is -0.383 e. The standard InChI is InChI=1S/C21H26N6O4S/c1-2-3-9-26-17(22)16(18(29)24-21(26)31)27(13-6-4-5-7-13)15(28)11-25-12-23-19-14(20(25)30)8-10-32-19/h8,10,12-13H,2-7,9,11,22H2,1H3,(H,24,29,31). The van der Waals surface area contributed by atoms with E-state index in [-0.39, 0.29) is 29.7 Å². The number of thiophene rings is 1. The zero-order valence-electron chi connectivity index (χ0n) is 17.9. The highest BCUT2D eigenvalue weighted by Crippen LogP contribution is 2.29. The smallest absolute Gasteiger partial charge is 0.330 e. The molecule has 1 aliphatic carbocycles. The van der Waals surface area contributed by atoms with Gasteiger partial charge in [-0.05, 0) is 30.7 Å². The highest BCUT2D eigenvalue weighted by molar-refractivity contribution is 7.16. The highest BCUT2D eigenvalue weighted by atomic mass is 32.1. The Kier molecular flexibility index (Phi) is 6.26. The molecule has 0 bridgehead atoms. The van der Waals surface area contributed by atoms with Crippen LogP contribution in [0.25, 0.3) is 10.2 Å². The first-order chi connectivity index (χ1) is 15.4. The van der Waals surface area contributed by atoms with Gasteiger partial charge in [0.25, 0.3) is 11.1 Å². The van der Waals surface area contributed by atoms with E-state index in [1.165, 1.54) is 31.7 Å². The number of aromatic nitrogens is 4. The monoisotopic (exact) mass is 458 g/mol. The van der Waals surface area contributed by atoms with Gasteiger partial charge < -0.3 is 5.73 Å². The number of hydrogen-bond acceptors (Lipinski definition) is 7. The average Bonchev–Trinajstić information content (AvgIpc) is 3.45. The summed E-state index contributed by atoms with van der Waals surface area (Å²) in [5.41, 5.74) is 4.67. The van der Waals surface area contributed by atoms with Crippen LogP contribution in [0.4, 0.5) is 11.5 Å². The van der Waals surface area contributed by atoms with E-state index in [2.05, 4.69) is 9.97 Å². The highest BCUT2D eigenvalue weighted by Gasteiger charge is 2.32. The molecule has 3 N–H and O–H groups in total. The number of fused-ring (bicyclic) bond motifs is 1. The van der Waals surface area contributed by atoms with E-state index in [0.717, 1.165) is 32.1 Å². The third-order valence-corrected chi connectivity index (χ3v) is 6.73. The van der Waals surface area contributed by atoms with Gasteiger partial charge in [0.15, 0.2) is 5.69 Å². The molecule has 0 aliphatic heterocycles. The zero-order valence-corrected chi connectivity index (χ0v) is 18.7. The number of nitrogen functional groups attached to an aromatic ring is 1. The van der Waals surface area contributed by atoms with Gasteiger partial charge in [-0.1, -0.05) is 26.2 Å². The maximum Gasteiger partial charge on any atom is 0.330 e. The molecule has 32 heavy (non-hydrogen) atoms. The van der Waals surface area contributed by atoms with Crippen LogP contribution in [0, 0.1) is 0 Å². The van der Waals surface area contributed by atoms with Crippen molar-refractivity contribution >= 4 is 39.0 Å². The van der Waals surface area contributed by atoms with Crippen LogP contribution >= 0.6 is 11.3 Å². The van der Waals surface area contributed by atoms with Gasteiger partial charge in [0.1, 0.15) is 17.2 Å². The molecule has 1 amide bonds. The summed E-state index contributed by atoms with van der Waals surface area (Å²) in [5, 5.41) is 2.22. The van der Waals surface area contributed by atoms with Gasteiger partial charge in [-0.25, -0.2) is 9.78 Å². The van der Waals surface area contributed by atoms with Crippen LogP contribution in [0.15, 0.2) is 32.2 Å². The molecular weight excluding hydrogens is 432 g/mol. The number of nitrogens with two attached hydrogens (primary N) is 1. The van der Waals surface area contributed by atoms with Crippen molar-refractivity contribution in [3.05, 3.63) is 49.0 Å². The van der Waals surface area contributed by atoms with Gasteiger partial charge >= 0.3 is 5.69 Å². The second kappa shape index (κ2) is 9.11. The first-order valence-electron chi connectivity index (χ1n) is 10.8. The minimum atomic E-state index is -0.695. The summed E-state index contributed by atoms with van der Waals surface area (Å²) >= 11 is 1.35. The number of unbranched alkanes of at least 4 members (excludes halogenated alkanes) is 1. The summed E-state index contributed by atoms with van der Waals surface area (Å²) < 4.78 is 2.55. The van der Waals surface area contributed by atoms with Gasteiger partial charge in [0, 0.05) is 12.6 Å². The first kappa shape index (κ1) is 22.0. The minimum absolute atomic E-state index is 0.0183. The molecule has 1 fully saturated rings. The van der Waals surface area contributed by atoms with Gasteiger partial charge in [0.05, 0.1) is 11.7 Å². The molecule has 0 spiro atoms. The van der Waals surface area contributed by atoms with Crippen LogP contribution in [0.1, 0.15) is 45.4 Å². The van der Waals surface area contributed by atoms with Crippen LogP contribution in [0.2, 0.25) is 0 Å². The Bertz CT molecular complexity index is 1310. The normalized spacial score (nSPS) is 14.3. The summed E-state index contributed by atoms with van der Waals surface area (Å²) in [5.74, 6) is -0.459. The lowest BCUT2D eigenvalue weighted by Gasteiger charge is -2.30. The van der Waals surface area contributed by atoms with E-state index in [1.807, 2.05) is 6.92 Å². The summed E-state index contributed by atoms with van der Waals surface area (Å²) in [7, 11) is 0. The number of carbonyl (C=O) groups is 1. The van der Waals surface area contributed by atoms with Crippen molar-refractivity contribution in [3.8, 4) is 0 Å². The first-order valence-corrected chi connectivity index (χ1v) is 11.7.